The molecule has 0 fully saturated rings. The van der Waals surface area contributed by atoms with Crippen LogP contribution in [0.5, 0.6) is 6.01 Å². The summed E-state index contributed by atoms with van der Waals surface area (Å²) < 4.78 is 46.6. The van der Waals surface area contributed by atoms with Gasteiger partial charge in [-0.3, -0.25) is 4.98 Å². The Bertz CT molecular complexity index is 958. The number of fused-ring (bicyclic) bond motifs is 1. The quantitative estimate of drug-likeness (QED) is 0.742. The maximum atomic E-state index is 13.6. The van der Waals surface area contributed by atoms with Crippen molar-refractivity contribution in [3.05, 3.63) is 45.8 Å². The maximum Gasteiger partial charge on any atom is 0.352 e. The predicted octanol–water partition coefficient (Wildman–Crippen LogP) is 2.46. The minimum atomic E-state index is -1.56. The lowest BCUT2D eigenvalue weighted by atomic mass is 10.0. The summed E-state index contributed by atoms with van der Waals surface area (Å²) in [6, 6.07) is 1.65. The largest absolute Gasteiger partial charge is 0.465 e. The van der Waals surface area contributed by atoms with Gasteiger partial charge in [-0.25, -0.2) is 18.0 Å². The Hall–Kier alpha value is -2.84. The zero-order valence-electron chi connectivity index (χ0n) is 12.9. The molecule has 3 rings (SSSR count). The number of halogens is 3. The van der Waals surface area contributed by atoms with Gasteiger partial charge < -0.3 is 4.74 Å². The minimum absolute atomic E-state index is 0.0399. The third-order valence-corrected chi connectivity index (χ3v) is 3.44. The van der Waals surface area contributed by atoms with Crippen molar-refractivity contribution < 1.29 is 17.9 Å². The Morgan fingerprint density at radius 1 is 1.21 bits per heavy atom. The fraction of sp³-hybridized carbons (Fsp3) is 0.267. The van der Waals surface area contributed by atoms with Crippen molar-refractivity contribution in [1.29, 1.82) is 0 Å². The third kappa shape index (κ3) is 2.51. The van der Waals surface area contributed by atoms with Gasteiger partial charge in [0.25, 0.3) is 6.01 Å². The average Bonchev–Trinajstić information content (AvgIpc) is 2.91. The topological polar surface area (TPSA) is 72.3 Å². The number of benzene rings is 1. The molecule has 0 aliphatic carbocycles. The Labute approximate surface area is 133 Å². The van der Waals surface area contributed by atoms with Crippen molar-refractivity contribution in [1.82, 2.24) is 19.6 Å². The van der Waals surface area contributed by atoms with Crippen molar-refractivity contribution in [2.24, 2.45) is 0 Å². The minimum Gasteiger partial charge on any atom is -0.465 e. The summed E-state index contributed by atoms with van der Waals surface area (Å²) in [6.45, 7) is 3.74. The van der Waals surface area contributed by atoms with E-state index in [-0.39, 0.29) is 29.4 Å². The lowest BCUT2D eigenvalue weighted by molar-refractivity contribution is 0.310. The molecule has 3 aromatic rings. The number of rotatable bonds is 4. The zero-order chi connectivity index (χ0) is 17.4. The van der Waals surface area contributed by atoms with Crippen molar-refractivity contribution in [3.8, 4) is 17.1 Å². The van der Waals surface area contributed by atoms with Crippen LogP contribution in [0.25, 0.3) is 16.8 Å². The summed E-state index contributed by atoms with van der Waals surface area (Å²) in [5, 5.41) is 4.11. The molecule has 0 aliphatic heterocycles. The van der Waals surface area contributed by atoms with Gasteiger partial charge in [0.1, 0.15) is 0 Å². The van der Waals surface area contributed by atoms with E-state index < -0.39 is 23.1 Å². The van der Waals surface area contributed by atoms with Crippen LogP contribution in [0.15, 0.2) is 16.9 Å². The van der Waals surface area contributed by atoms with Crippen LogP contribution in [-0.4, -0.2) is 26.2 Å². The maximum absolute atomic E-state index is 13.6. The fourth-order valence-corrected chi connectivity index (χ4v) is 2.41. The second-order valence-corrected chi connectivity index (χ2v) is 4.94. The van der Waals surface area contributed by atoms with Crippen LogP contribution in [0.1, 0.15) is 19.5 Å². The van der Waals surface area contributed by atoms with Gasteiger partial charge in [0, 0.05) is 0 Å². The number of hydrogen-bond acceptors (Lipinski definition) is 4. The van der Waals surface area contributed by atoms with E-state index in [4.69, 9.17) is 4.74 Å². The first-order valence-electron chi connectivity index (χ1n) is 7.25. The van der Waals surface area contributed by atoms with Crippen LogP contribution in [0.2, 0.25) is 0 Å². The summed E-state index contributed by atoms with van der Waals surface area (Å²) in [6.07, 6.45) is 0.378. The van der Waals surface area contributed by atoms with Gasteiger partial charge in [-0.1, -0.05) is 6.92 Å². The normalized spacial score (nSPS) is 11.2. The molecule has 0 saturated carbocycles. The molecule has 126 valence electrons. The van der Waals surface area contributed by atoms with E-state index in [2.05, 4.69) is 15.1 Å². The van der Waals surface area contributed by atoms with Gasteiger partial charge in [0.2, 0.25) is 0 Å². The van der Waals surface area contributed by atoms with Crippen LogP contribution in [0, 0.1) is 17.5 Å². The second kappa shape index (κ2) is 5.99. The number of aromatic nitrogens is 4. The highest BCUT2D eigenvalue weighted by molar-refractivity contribution is 5.80. The monoisotopic (exact) mass is 338 g/mol. The molecule has 1 aromatic carbocycles. The number of ether oxygens (including phenoxy) is 1. The number of nitrogens with one attached hydrogen (secondary N) is 1. The summed E-state index contributed by atoms with van der Waals surface area (Å²) in [5.74, 6) is -4.23. The summed E-state index contributed by atoms with van der Waals surface area (Å²) in [5.41, 5.74) is 0.158. The molecular weight excluding hydrogens is 325 g/mol. The van der Waals surface area contributed by atoms with E-state index in [9.17, 15) is 18.0 Å². The highest BCUT2D eigenvalue weighted by Crippen LogP contribution is 2.30. The molecule has 0 amide bonds. The highest BCUT2D eigenvalue weighted by atomic mass is 19.2. The van der Waals surface area contributed by atoms with E-state index in [1.54, 1.807) is 13.8 Å². The molecule has 0 unspecified atom stereocenters. The van der Waals surface area contributed by atoms with Crippen molar-refractivity contribution >= 4 is 5.65 Å². The van der Waals surface area contributed by atoms with Crippen LogP contribution in [0.4, 0.5) is 13.2 Å². The molecule has 9 heteroatoms. The fourth-order valence-electron chi connectivity index (χ4n) is 2.41. The van der Waals surface area contributed by atoms with Crippen LogP contribution in [-0.2, 0) is 6.42 Å². The predicted molar refractivity (Wildman–Crippen MR) is 79.5 cm³/mol. The van der Waals surface area contributed by atoms with E-state index >= 15 is 0 Å². The number of aromatic amines is 1. The molecule has 0 radical (unpaired) electrons. The smallest absolute Gasteiger partial charge is 0.352 e. The Morgan fingerprint density at radius 2 is 1.88 bits per heavy atom. The molecule has 6 nitrogen and oxygen atoms in total. The Morgan fingerprint density at radius 3 is 2.46 bits per heavy atom. The first kappa shape index (κ1) is 16.0. The molecule has 24 heavy (non-hydrogen) atoms. The van der Waals surface area contributed by atoms with Crippen LogP contribution >= 0.6 is 0 Å². The standard InChI is InChI=1S/C15H13F3N4O2/c1-3-10-11(7-5-8(16)12(18)9(17)6-7)13-19-14(24-4-2)20-15(23)22(13)21-10/h5-6H,3-4H2,1-2H3,(H,19,20,23). The van der Waals surface area contributed by atoms with Gasteiger partial charge >= 0.3 is 5.69 Å². The molecule has 1 N–H and O–H groups in total. The summed E-state index contributed by atoms with van der Waals surface area (Å²) >= 11 is 0. The van der Waals surface area contributed by atoms with E-state index in [0.717, 1.165) is 16.6 Å². The third-order valence-electron chi connectivity index (χ3n) is 3.44. The van der Waals surface area contributed by atoms with E-state index in [1.165, 1.54) is 0 Å². The average molecular weight is 338 g/mol. The highest BCUT2D eigenvalue weighted by Gasteiger charge is 2.21. The molecule has 2 aromatic heterocycles. The molecule has 0 atom stereocenters. The molecule has 0 bridgehead atoms. The first-order valence-corrected chi connectivity index (χ1v) is 7.25. The number of aryl methyl sites for hydroxylation is 1. The molecule has 0 spiro atoms. The van der Waals surface area contributed by atoms with Gasteiger partial charge in [-0.15, -0.1) is 0 Å². The lowest BCUT2D eigenvalue weighted by Gasteiger charge is -2.05. The van der Waals surface area contributed by atoms with E-state index in [1.807, 2.05) is 0 Å². The molecular formula is C15H13F3N4O2. The second-order valence-electron chi connectivity index (χ2n) is 4.94. The summed E-state index contributed by atoms with van der Waals surface area (Å²) in [4.78, 5) is 18.6. The van der Waals surface area contributed by atoms with Crippen molar-refractivity contribution in [3.63, 3.8) is 0 Å². The molecule has 0 aliphatic rings. The van der Waals surface area contributed by atoms with Crippen LogP contribution < -0.4 is 10.4 Å². The van der Waals surface area contributed by atoms with Gasteiger partial charge in [0.05, 0.1) is 17.9 Å². The van der Waals surface area contributed by atoms with E-state index in [0.29, 0.717) is 12.1 Å². The molecule has 0 saturated heterocycles. The first-order chi connectivity index (χ1) is 11.5. The van der Waals surface area contributed by atoms with Gasteiger partial charge in [-0.05, 0) is 31.0 Å². The SMILES string of the molecule is CCOc1nc2c(-c3cc(F)c(F)c(F)c3)c(CC)nn2c(=O)[nH]1. The summed E-state index contributed by atoms with van der Waals surface area (Å²) in [7, 11) is 0. The van der Waals surface area contributed by atoms with Crippen LogP contribution in [0.3, 0.4) is 0 Å². The zero-order valence-corrected chi connectivity index (χ0v) is 12.9. The number of nitrogens with zero attached hydrogens (tertiary/aromatic N) is 3. The van der Waals surface area contributed by atoms with Crippen molar-refractivity contribution in [2.45, 2.75) is 20.3 Å². The molecule has 2 heterocycles. The van der Waals surface area contributed by atoms with Crippen molar-refractivity contribution in [2.75, 3.05) is 6.61 Å². The lowest BCUT2D eigenvalue weighted by Crippen LogP contribution is -2.19. The number of hydrogen-bond donors (Lipinski definition) is 1. The van der Waals surface area contributed by atoms with Gasteiger partial charge in [0.15, 0.2) is 23.1 Å². The Kier molecular flexibility index (Phi) is 4.00. The number of H-pyrrole nitrogens is 1. The van der Waals surface area contributed by atoms with Gasteiger partial charge in [-0.2, -0.15) is 14.6 Å². The Balaban J connectivity index is 2.35.